The summed E-state index contributed by atoms with van der Waals surface area (Å²) in [5, 5.41) is 3.42. The molecule has 2 rings (SSSR count). The number of anilines is 1. The molecule has 1 aromatic carbocycles. The fourth-order valence-corrected chi connectivity index (χ4v) is 2.72. The summed E-state index contributed by atoms with van der Waals surface area (Å²) >= 11 is 6.08. The average Bonchev–Trinajstić information content (AvgIpc) is 3.34. The van der Waals surface area contributed by atoms with Crippen LogP contribution in [0.25, 0.3) is 0 Å². The van der Waals surface area contributed by atoms with Crippen molar-refractivity contribution in [3.05, 3.63) is 22.7 Å². The minimum absolute atomic E-state index is 0.120. The lowest BCUT2D eigenvalue weighted by Crippen LogP contribution is -2.38. The van der Waals surface area contributed by atoms with Crippen LogP contribution in [-0.4, -0.2) is 50.1 Å². The highest BCUT2D eigenvalue weighted by Gasteiger charge is 2.27. The van der Waals surface area contributed by atoms with Gasteiger partial charge in [-0.1, -0.05) is 11.6 Å². The van der Waals surface area contributed by atoms with Gasteiger partial charge in [0.1, 0.15) is 5.75 Å². The van der Waals surface area contributed by atoms with Gasteiger partial charge in [0.25, 0.3) is 0 Å². The molecule has 0 bridgehead atoms. The number of nitrogens with one attached hydrogen (secondary N) is 1. The Balaban J connectivity index is 2.00. The predicted octanol–water partition coefficient (Wildman–Crippen LogP) is 2.87. The Hall–Kier alpha value is -1.79. The normalized spacial score (nSPS) is 13.6. The van der Waals surface area contributed by atoms with E-state index in [0.29, 0.717) is 29.0 Å². The summed E-state index contributed by atoms with van der Waals surface area (Å²) in [6.07, 6.45) is 2.29. The maximum Gasteiger partial charge on any atom is 0.320 e. The molecule has 25 heavy (non-hydrogen) atoms. The molecule has 1 aromatic rings. The molecule has 1 aliphatic carbocycles. The molecule has 0 heterocycles. The molecule has 0 atom stereocenters. The number of amides is 1. The van der Waals surface area contributed by atoms with E-state index in [1.807, 2.05) is 11.8 Å². The fourth-order valence-electron chi connectivity index (χ4n) is 2.56. The summed E-state index contributed by atoms with van der Waals surface area (Å²) in [7, 11) is 1.52. The van der Waals surface area contributed by atoms with E-state index in [2.05, 4.69) is 5.32 Å². The van der Waals surface area contributed by atoms with E-state index < -0.39 is 0 Å². The first-order valence-corrected chi connectivity index (χ1v) is 8.82. The van der Waals surface area contributed by atoms with Crippen molar-refractivity contribution >= 4 is 29.2 Å². The second kappa shape index (κ2) is 9.06. The number of hydrogen-bond donors (Lipinski definition) is 1. The standard InChI is InChI=1S/C18H25ClN2O4/c1-4-25-18(23)11-21(9-13-5-6-13)10-17(22)20-15-7-12(2)14(19)8-16(15)24-3/h7-8,13H,4-6,9-11H2,1-3H3,(H,20,22). The van der Waals surface area contributed by atoms with Crippen LogP contribution in [0.3, 0.4) is 0 Å². The Morgan fingerprint density at radius 1 is 1.32 bits per heavy atom. The highest BCUT2D eigenvalue weighted by molar-refractivity contribution is 6.31. The van der Waals surface area contributed by atoms with Crippen LogP contribution in [0.1, 0.15) is 25.3 Å². The van der Waals surface area contributed by atoms with Crippen molar-refractivity contribution in [2.24, 2.45) is 5.92 Å². The molecular weight excluding hydrogens is 344 g/mol. The maximum atomic E-state index is 12.4. The molecule has 6 nitrogen and oxygen atoms in total. The topological polar surface area (TPSA) is 67.9 Å². The lowest BCUT2D eigenvalue weighted by Gasteiger charge is -2.21. The van der Waals surface area contributed by atoms with Gasteiger partial charge in [-0.3, -0.25) is 14.5 Å². The fraction of sp³-hybridized carbons (Fsp3) is 0.556. The van der Waals surface area contributed by atoms with Crippen molar-refractivity contribution < 1.29 is 19.1 Å². The Morgan fingerprint density at radius 3 is 2.64 bits per heavy atom. The molecule has 1 saturated carbocycles. The number of aryl methyl sites for hydroxylation is 1. The van der Waals surface area contributed by atoms with Gasteiger partial charge in [-0.2, -0.15) is 0 Å². The number of methoxy groups -OCH3 is 1. The van der Waals surface area contributed by atoms with Crippen LogP contribution in [0.4, 0.5) is 5.69 Å². The molecule has 1 fully saturated rings. The molecule has 0 unspecified atom stereocenters. The molecule has 1 aliphatic rings. The maximum absolute atomic E-state index is 12.4. The summed E-state index contributed by atoms with van der Waals surface area (Å²) in [4.78, 5) is 26.0. The molecule has 1 amide bonds. The van der Waals surface area contributed by atoms with E-state index in [-0.39, 0.29) is 25.0 Å². The largest absolute Gasteiger partial charge is 0.495 e. The minimum atomic E-state index is -0.309. The highest BCUT2D eigenvalue weighted by Crippen LogP contribution is 2.31. The number of carbonyl (C=O) groups excluding carboxylic acids is 2. The highest BCUT2D eigenvalue weighted by atomic mass is 35.5. The molecule has 1 N–H and O–H groups in total. The second-order valence-corrected chi connectivity index (χ2v) is 6.68. The van der Waals surface area contributed by atoms with Gasteiger partial charge in [0.2, 0.25) is 5.91 Å². The Morgan fingerprint density at radius 2 is 2.04 bits per heavy atom. The lowest BCUT2D eigenvalue weighted by molar-refractivity contribution is -0.144. The molecular formula is C18H25ClN2O4. The first-order chi connectivity index (χ1) is 11.9. The van der Waals surface area contributed by atoms with Gasteiger partial charge in [0, 0.05) is 17.6 Å². The van der Waals surface area contributed by atoms with Gasteiger partial charge in [-0.05, 0) is 44.2 Å². The van der Waals surface area contributed by atoms with Crippen LogP contribution < -0.4 is 10.1 Å². The number of nitrogens with zero attached hydrogens (tertiary/aromatic N) is 1. The first kappa shape index (κ1) is 19.5. The van der Waals surface area contributed by atoms with Gasteiger partial charge in [-0.15, -0.1) is 0 Å². The second-order valence-electron chi connectivity index (χ2n) is 6.27. The summed E-state index contributed by atoms with van der Waals surface area (Å²) < 4.78 is 10.3. The number of esters is 1. The summed E-state index contributed by atoms with van der Waals surface area (Å²) in [5.41, 5.74) is 1.41. The molecule has 0 saturated heterocycles. The third kappa shape index (κ3) is 6.21. The van der Waals surface area contributed by atoms with Crippen molar-refractivity contribution in [3.63, 3.8) is 0 Å². The van der Waals surface area contributed by atoms with Crippen LogP contribution >= 0.6 is 11.6 Å². The van der Waals surface area contributed by atoms with Crippen LogP contribution in [0.15, 0.2) is 12.1 Å². The SMILES string of the molecule is CCOC(=O)CN(CC(=O)Nc1cc(C)c(Cl)cc1OC)CC1CC1. The van der Waals surface area contributed by atoms with E-state index >= 15 is 0 Å². The van der Waals surface area contributed by atoms with E-state index in [0.717, 1.165) is 24.9 Å². The zero-order chi connectivity index (χ0) is 18.4. The van der Waals surface area contributed by atoms with E-state index in [1.165, 1.54) is 7.11 Å². The monoisotopic (exact) mass is 368 g/mol. The molecule has 7 heteroatoms. The van der Waals surface area contributed by atoms with Crippen molar-refractivity contribution in [1.82, 2.24) is 4.90 Å². The molecule has 0 aliphatic heterocycles. The van der Waals surface area contributed by atoms with Crippen LogP contribution in [0.2, 0.25) is 5.02 Å². The lowest BCUT2D eigenvalue weighted by atomic mass is 10.2. The van der Waals surface area contributed by atoms with E-state index in [4.69, 9.17) is 21.1 Å². The molecule has 138 valence electrons. The number of rotatable bonds is 9. The molecule has 0 radical (unpaired) electrons. The molecule has 0 spiro atoms. The third-order valence-electron chi connectivity index (χ3n) is 3.99. The van der Waals surface area contributed by atoms with Gasteiger partial charge in [-0.25, -0.2) is 0 Å². The van der Waals surface area contributed by atoms with E-state index in [1.54, 1.807) is 19.1 Å². The molecule has 0 aromatic heterocycles. The zero-order valence-corrected chi connectivity index (χ0v) is 15.7. The summed E-state index contributed by atoms with van der Waals surface area (Å²) in [5.74, 6) is 0.554. The Labute approximate surface area is 153 Å². The quantitative estimate of drug-likeness (QED) is 0.679. The van der Waals surface area contributed by atoms with Crippen molar-refractivity contribution in [1.29, 1.82) is 0 Å². The Kier molecular flexibility index (Phi) is 7.08. The van der Waals surface area contributed by atoms with Crippen LogP contribution in [0.5, 0.6) is 5.75 Å². The summed E-state index contributed by atoms with van der Waals surface area (Å²) in [6.45, 7) is 4.93. The first-order valence-electron chi connectivity index (χ1n) is 8.44. The van der Waals surface area contributed by atoms with Gasteiger partial charge >= 0.3 is 5.97 Å². The predicted molar refractivity (Wildman–Crippen MR) is 97.2 cm³/mol. The van der Waals surface area contributed by atoms with Crippen molar-refractivity contribution in [2.45, 2.75) is 26.7 Å². The van der Waals surface area contributed by atoms with E-state index in [9.17, 15) is 9.59 Å². The van der Waals surface area contributed by atoms with Gasteiger partial charge in [0.05, 0.1) is 32.5 Å². The van der Waals surface area contributed by atoms with Gasteiger partial charge < -0.3 is 14.8 Å². The minimum Gasteiger partial charge on any atom is -0.495 e. The van der Waals surface area contributed by atoms with Crippen LogP contribution in [0, 0.1) is 12.8 Å². The number of carbonyl (C=O) groups is 2. The zero-order valence-electron chi connectivity index (χ0n) is 14.9. The summed E-state index contributed by atoms with van der Waals surface area (Å²) in [6, 6.07) is 3.45. The van der Waals surface area contributed by atoms with Crippen molar-refractivity contribution in [2.75, 3.05) is 38.7 Å². The van der Waals surface area contributed by atoms with Crippen molar-refractivity contribution in [3.8, 4) is 5.75 Å². The smallest absolute Gasteiger partial charge is 0.320 e. The Bertz CT molecular complexity index is 632. The van der Waals surface area contributed by atoms with Gasteiger partial charge in [0.15, 0.2) is 0 Å². The number of halogens is 1. The number of hydrogen-bond acceptors (Lipinski definition) is 5. The van der Waals surface area contributed by atoms with Crippen LogP contribution in [-0.2, 0) is 14.3 Å². The number of benzene rings is 1. The average molecular weight is 369 g/mol. The third-order valence-corrected chi connectivity index (χ3v) is 4.40. The number of ether oxygens (including phenoxy) is 2.